The molecule has 2 aromatic heterocycles. The molecule has 6 bridgehead atoms. The van der Waals surface area contributed by atoms with Crippen LogP contribution in [-0.2, 0) is 38.4 Å². The van der Waals surface area contributed by atoms with Crippen LogP contribution in [-0.4, -0.2) is 107 Å². The lowest BCUT2D eigenvalue weighted by molar-refractivity contribution is -0.164. The fourth-order valence-electron chi connectivity index (χ4n) is 8.20. The summed E-state index contributed by atoms with van der Waals surface area (Å²) in [5.41, 5.74) is 10.2. The Morgan fingerprint density at radius 1 is 1.13 bits per heavy atom. The van der Waals surface area contributed by atoms with Crippen LogP contribution in [0, 0.1) is 5.41 Å². The quantitative estimate of drug-likeness (QED) is 0.217. The lowest BCUT2D eigenvalue weighted by Gasteiger charge is -2.39. The van der Waals surface area contributed by atoms with Gasteiger partial charge in [0, 0.05) is 62.4 Å². The first-order valence-corrected chi connectivity index (χ1v) is 19.4. The molecule has 3 aliphatic rings. The number of aromatic hydroxyl groups is 1. The number of nitrogens with one attached hydrogen (secondary N) is 2. The van der Waals surface area contributed by atoms with Crippen molar-refractivity contribution in [1.82, 2.24) is 30.2 Å². The van der Waals surface area contributed by atoms with Gasteiger partial charge < -0.3 is 39.2 Å². The zero-order valence-corrected chi connectivity index (χ0v) is 32.5. The number of fused-ring (bicyclic) bond motifs is 6. The van der Waals surface area contributed by atoms with E-state index in [4.69, 9.17) is 19.2 Å². The number of carbonyl (C=O) groups is 2. The Labute approximate surface area is 322 Å². The molecule has 13 heteroatoms. The topological polar surface area (TPSA) is 151 Å². The molecule has 2 aromatic carbocycles. The van der Waals surface area contributed by atoms with Crippen LogP contribution in [0.4, 0.5) is 4.79 Å². The van der Waals surface area contributed by atoms with Crippen molar-refractivity contribution >= 4 is 22.8 Å². The number of benzene rings is 2. The number of aromatic nitrogens is 2. The van der Waals surface area contributed by atoms with Crippen LogP contribution in [0.5, 0.6) is 5.75 Å². The SMILES string of the molecule is CCn1c(-c2cccnc2[C@H](C)OC)c2c3cc(ccc31)-c1cc(O)cc(c1)C[C@H](NC(=O)N1CCOCC1)C(=O)N1CCC[C@H](N1)C(O)OCC(C)(C)C2. The van der Waals surface area contributed by atoms with E-state index in [1.807, 2.05) is 19.1 Å². The molecule has 13 nitrogen and oxygen atoms in total. The molecule has 3 amide bonds. The van der Waals surface area contributed by atoms with E-state index >= 15 is 0 Å². The van der Waals surface area contributed by atoms with E-state index in [0.717, 1.165) is 44.5 Å². The molecule has 1 unspecified atom stereocenters. The third-order valence-electron chi connectivity index (χ3n) is 11.1. The summed E-state index contributed by atoms with van der Waals surface area (Å²) in [6.07, 6.45) is 2.38. The molecule has 4 N–H and O–H groups in total. The van der Waals surface area contributed by atoms with E-state index in [2.05, 4.69) is 60.3 Å². The Morgan fingerprint density at radius 2 is 1.93 bits per heavy atom. The predicted molar refractivity (Wildman–Crippen MR) is 209 cm³/mol. The molecule has 2 fully saturated rings. The zero-order valence-electron chi connectivity index (χ0n) is 32.5. The number of phenolic OH excluding ortho intramolecular Hbond substituents is 1. The van der Waals surface area contributed by atoms with Crippen LogP contribution in [0.1, 0.15) is 63.5 Å². The van der Waals surface area contributed by atoms with Crippen LogP contribution in [0.2, 0.25) is 0 Å². The van der Waals surface area contributed by atoms with Crippen LogP contribution in [0.3, 0.4) is 0 Å². The standard InChI is InChI=1S/C42H54N6O7/c1-6-47-36-12-11-28-23-32(36)33(38(47)31-9-7-13-43-37(31)26(2)53-5)24-42(3,4)25-55-40(51)34-10-8-14-48(45-34)39(50)35(21-27-19-29(28)22-30(49)20-27)44-41(52)46-15-17-54-18-16-46/h7,9,11-13,19-20,22-23,26,34-35,40,45,49,51H,6,8,10,14-18,21,24-25H2,1-5H3,(H,44,52)/t26-,34-,35-,40?/m0/s1. The molecule has 294 valence electrons. The summed E-state index contributed by atoms with van der Waals surface area (Å²) in [6.45, 7) is 11.5. The van der Waals surface area contributed by atoms with Crippen molar-refractivity contribution in [3.63, 3.8) is 0 Å². The number of aliphatic hydroxyl groups is 1. The van der Waals surface area contributed by atoms with E-state index in [1.165, 1.54) is 5.01 Å². The number of rotatable bonds is 5. The fourth-order valence-corrected chi connectivity index (χ4v) is 8.20. The van der Waals surface area contributed by atoms with Gasteiger partial charge in [-0.2, -0.15) is 0 Å². The highest BCUT2D eigenvalue weighted by Crippen LogP contribution is 2.42. The second-order valence-electron chi connectivity index (χ2n) is 15.7. The second-order valence-corrected chi connectivity index (χ2v) is 15.7. The second kappa shape index (κ2) is 16.3. The number of hydrazine groups is 1. The summed E-state index contributed by atoms with van der Waals surface area (Å²) in [7, 11) is 1.69. The van der Waals surface area contributed by atoms with Gasteiger partial charge in [0.25, 0.3) is 5.91 Å². The van der Waals surface area contributed by atoms with Crippen molar-refractivity contribution in [2.75, 3.05) is 46.6 Å². The largest absolute Gasteiger partial charge is 0.508 e. The first-order valence-electron chi connectivity index (χ1n) is 19.4. The van der Waals surface area contributed by atoms with Gasteiger partial charge in [0.2, 0.25) is 0 Å². The Kier molecular flexibility index (Phi) is 11.5. The molecular weight excluding hydrogens is 700 g/mol. The van der Waals surface area contributed by atoms with Gasteiger partial charge >= 0.3 is 6.03 Å². The summed E-state index contributed by atoms with van der Waals surface area (Å²) in [6, 6.07) is 13.9. The molecule has 0 saturated carbocycles. The third kappa shape index (κ3) is 8.22. The average molecular weight is 755 g/mol. The molecule has 2 saturated heterocycles. The molecule has 4 aromatic rings. The van der Waals surface area contributed by atoms with E-state index in [0.29, 0.717) is 64.2 Å². The lowest BCUT2D eigenvalue weighted by atomic mass is 9.84. The summed E-state index contributed by atoms with van der Waals surface area (Å²) in [5.74, 6) is -0.271. The van der Waals surface area contributed by atoms with Gasteiger partial charge in [-0.25, -0.2) is 10.2 Å². The number of amides is 3. The molecule has 0 radical (unpaired) electrons. The molecule has 7 rings (SSSR count). The lowest BCUT2D eigenvalue weighted by Crippen LogP contribution is -2.62. The Hall–Kier alpha value is -4.53. The number of pyridine rings is 1. The summed E-state index contributed by atoms with van der Waals surface area (Å²) < 4.78 is 19.8. The molecule has 3 aliphatic heterocycles. The number of morpholine rings is 1. The first-order chi connectivity index (χ1) is 26.5. The number of hydrogen-bond acceptors (Lipinski definition) is 9. The van der Waals surface area contributed by atoms with Gasteiger partial charge in [0.05, 0.1) is 43.4 Å². The van der Waals surface area contributed by atoms with E-state index in [-0.39, 0.29) is 36.8 Å². The van der Waals surface area contributed by atoms with Crippen LogP contribution >= 0.6 is 0 Å². The van der Waals surface area contributed by atoms with E-state index in [1.54, 1.807) is 30.3 Å². The van der Waals surface area contributed by atoms with Gasteiger partial charge in [-0.05, 0) is 97.2 Å². The predicted octanol–water partition coefficient (Wildman–Crippen LogP) is 5.17. The number of hydrogen-bond donors (Lipinski definition) is 4. The molecule has 0 spiro atoms. The number of aliphatic hydroxyl groups excluding tert-OH is 1. The highest BCUT2D eigenvalue weighted by molar-refractivity contribution is 5.95. The summed E-state index contributed by atoms with van der Waals surface area (Å²) >= 11 is 0. The van der Waals surface area contributed by atoms with E-state index in [9.17, 15) is 19.8 Å². The number of methoxy groups -OCH3 is 1. The van der Waals surface area contributed by atoms with Gasteiger partial charge in [-0.1, -0.05) is 26.0 Å². The molecule has 0 aliphatic carbocycles. The van der Waals surface area contributed by atoms with Crippen molar-refractivity contribution < 1.29 is 34.0 Å². The third-order valence-corrected chi connectivity index (χ3v) is 11.1. The maximum absolute atomic E-state index is 14.3. The number of carbonyl (C=O) groups excluding carboxylic acids is 2. The Morgan fingerprint density at radius 3 is 2.69 bits per heavy atom. The highest BCUT2D eigenvalue weighted by Gasteiger charge is 2.36. The maximum Gasteiger partial charge on any atom is 0.318 e. The first kappa shape index (κ1) is 38.7. The minimum atomic E-state index is -1.18. The van der Waals surface area contributed by atoms with E-state index < -0.39 is 23.8 Å². The van der Waals surface area contributed by atoms with Gasteiger partial charge in [-0.15, -0.1) is 0 Å². The van der Waals surface area contributed by atoms with Crippen LogP contribution in [0.15, 0.2) is 54.7 Å². The van der Waals surface area contributed by atoms with Gasteiger partial charge in [-0.3, -0.25) is 14.8 Å². The maximum atomic E-state index is 14.3. The summed E-state index contributed by atoms with van der Waals surface area (Å²) in [5, 5.41) is 28.1. The monoisotopic (exact) mass is 754 g/mol. The van der Waals surface area contributed by atoms with Crippen molar-refractivity contribution in [2.45, 2.75) is 84.4 Å². The summed E-state index contributed by atoms with van der Waals surface area (Å²) in [4.78, 5) is 34.2. The zero-order chi connectivity index (χ0) is 38.9. The highest BCUT2D eigenvalue weighted by atomic mass is 16.6. The number of urea groups is 1. The molecular formula is C42H54N6O7. The van der Waals surface area contributed by atoms with Crippen molar-refractivity contribution in [3.8, 4) is 28.1 Å². The minimum Gasteiger partial charge on any atom is -0.508 e. The fraction of sp³-hybridized carbons (Fsp3) is 0.500. The van der Waals surface area contributed by atoms with Gasteiger partial charge in [0.15, 0.2) is 6.29 Å². The van der Waals surface area contributed by atoms with Crippen molar-refractivity contribution in [3.05, 3.63) is 71.5 Å². The smallest absolute Gasteiger partial charge is 0.318 e. The molecule has 5 heterocycles. The molecule has 4 atom stereocenters. The minimum absolute atomic E-state index is 0.0610. The molecule has 55 heavy (non-hydrogen) atoms. The van der Waals surface area contributed by atoms with Crippen molar-refractivity contribution in [1.29, 1.82) is 0 Å². The van der Waals surface area contributed by atoms with Crippen LogP contribution < -0.4 is 10.7 Å². The number of ether oxygens (including phenoxy) is 3. The van der Waals surface area contributed by atoms with Crippen LogP contribution in [0.25, 0.3) is 33.3 Å². The van der Waals surface area contributed by atoms with Gasteiger partial charge in [0.1, 0.15) is 11.8 Å². The average Bonchev–Trinajstić information content (AvgIpc) is 3.50. The normalized spacial score (nSPS) is 22.7. The number of nitrogens with zero attached hydrogens (tertiary/aromatic N) is 4. The Balaban J connectivity index is 1.38. The number of phenols is 1. The number of aryl methyl sites for hydroxylation is 1. The van der Waals surface area contributed by atoms with Crippen molar-refractivity contribution in [2.24, 2.45) is 5.41 Å². The Bertz CT molecular complexity index is 2020.